The van der Waals surface area contributed by atoms with Crippen LogP contribution in [0.4, 0.5) is 0 Å². The minimum Gasteiger partial charge on any atom is -0.342 e. The number of nitrogens with one attached hydrogen (secondary N) is 1. The predicted molar refractivity (Wildman–Crippen MR) is 86.2 cm³/mol. The Morgan fingerprint density at radius 1 is 1.15 bits per heavy atom. The maximum absolute atomic E-state index is 12.6. The van der Waals surface area contributed by atoms with Gasteiger partial charge in [-0.1, -0.05) is 13.3 Å². The van der Waals surface area contributed by atoms with Crippen molar-refractivity contribution in [3.63, 3.8) is 0 Å². The Morgan fingerprint density at radius 2 is 1.85 bits per heavy atom. The topological polar surface area (TPSA) is 32.3 Å². The summed E-state index contributed by atoms with van der Waals surface area (Å²) in [5.41, 5.74) is 0. The minimum atomic E-state index is 0. The highest BCUT2D eigenvalue weighted by atomic mass is 35.5. The molecule has 20 heavy (non-hydrogen) atoms. The van der Waals surface area contributed by atoms with Gasteiger partial charge in [-0.15, -0.1) is 12.4 Å². The molecule has 0 aromatic rings. The Bertz CT molecular complexity index is 288. The van der Waals surface area contributed by atoms with Gasteiger partial charge in [0, 0.05) is 19.0 Å². The van der Waals surface area contributed by atoms with Crippen molar-refractivity contribution in [3.05, 3.63) is 0 Å². The largest absolute Gasteiger partial charge is 0.342 e. The highest BCUT2D eigenvalue weighted by Crippen LogP contribution is 2.32. The molecule has 1 aliphatic carbocycles. The lowest BCUT2D eigenvalue weighted by Crippen LogP contribution is -2.45. The molecule has 2 aliphatic rings. The highest BCUT2D eigenvalue weighted by Gasteiger charge is 2.31. The Balaban J connectivity index is 0.00000200. The maximum Gasteiger partial charge on any atom is 0.225 e. The molecule has 2 fully saturated rings. The fraction of sp³-hybridized carbons (Fsp3) is 0.938. The van der Waals surface area contributed by atoms with Crippen LogP contribution in [0.5, 0.6) is 0 Å². The molecule has 1 atom stereocenters. The van der Waals surface area contributed by atoms with Gasteiger partial charge in [-0.25, -0.2) is 0 Å². The second-order valence-corrected chi connectivity index (χ2v) is 6.48. The standard InChI is InChI=1S/C16H30N2O.ClH/c1-3-13-6-8-15(9-7-13)16(19)18-10-4-5-14(12-18)11-17-2;/h13-15,17H,3-12H2,1-2H3;1H. The van der Waals surface area contributed by atoms with Gasteiger partial charge in [0.1, 0.15) is 0 Å². The molecular weight excluding hydrogens is 272 g/mol. The lowest BCUT2D eigenvalue weighted by molar-refractivity contribution is -0.138. The monoisotopic (exact) mass is 302 g/mol. The molecule has 0 bridgehead atoms. The fourth-order valence-electron chi connectivity index (χ4n) is 3.80. The van der Waals surface area contributed by atoms with E-state index in [4.69, 9.17) is 0 Å². The average Bonchev–Trinajstić information content (AvgIpc) is 2.47. The van der Waals surface area contributed by atoms with Crippen LogP contribution in [0.25, 0.3) is 0 Å². The quantitative estimate of drug-likeness (QED) is 0.865. The van der Waals surface area contributed by atoms with E-state index >= 15 is 0 Å². The first-order valence-corrected chi connectivity index (χ1v) is 8.18. The van der Waals surface area contributed by atoms with Gasteiger partial charge in [0.15, 0.2) is 0 Å². The molecule has 118 valence electrons. The van der Waals surface area contributed by atoms with Crippen LogP contribution in [0.1, 0.15) is 51.9 Å². The lowest BCUT2D eigenvalue weighted by atomic mass is 9.80. The average molecular weight is 303 g/mol. The second-order valence-electron chi connectivity index (χ2n) is 6.48. The molecule has 1 saturated carbocycles. The van der Waals surface area contributed by atoms with Crippen molar-refractivity contribution >= 4 is 18.3 Å². The van der Waals surface area contributed by atoms with Crippen molar-refractivity contribution in [1.82, 2.24) is 10.2 Å². The second kappa shape index (κ2) is 8.89. The third-order valence-corrected chi connectivity index (χ3v) is 5.10. The minimum absolute atomic E-state index is 0. The number of piperidine rings is 1. The predicted octanol–water partition coefficient (Wildman–Crippen LogP) is 3.08. The Labute approximate surface area is 130 Å². The van der Waals surface area contributed by atoms with Crippen molar-refractivity contribution in [1.29, 1.82) is 0 Å². The van der Waals surface area contributed by atoms with Gasteiger partial charge in [0.2, 0.25) is 5.91 Å². The van der Waals surface area contributed by atoms with Gasteiger partial charge in [-0.2, -0.15) is 0 Å². The first-order chi connectivity index (χ1) is 9.24. The van der Waals surface area contributed by atoms with Crippen molar-refractivity contribution in [3.8, 4) is 0 Å². The Hall–Kier alpha value is -0.280. The number of carbonyl (C=O) groups is 1. The summed E-state index contributed by atoms with van der Waals surface area (Å²) in [5.74, 6) is 2.32. The summed E-state index contributed by atoms with van der Waals surface area (Å²) >= 11 is 0. The molecule has 4 heteroatoms. The van der Waals surface area contributed by atoms with E-state index in [1.807, 2.05) is 7.05 Å². The molecule has 2 rings (SSSR count). The summed E-state index contributed by atoms with van der Waals surface area (Å²) in [5, 5.41) is 3.25. The third kappa shape index (κ3) is 4.63. The number of amides is 1. The summed E-state index contributed by atoms with van der Waals surface area (Å²) in [6.45, 7) is 5.30. The van der Waals surface area contributed by atoms with Gasteiger partial charge in [0.05, 0.1) is 0 Å². The third-order valence-electron chi connectivity index (χ3n) is 5.10. The number of carbonyl (C=O) groups excluding carboxylic acids is 1. The molecule has 1 N–H and O–H groups in total. The van der Waals surface area contributed by atoms with E-state index in [1.165, 1.54) is 32.1 Å². The molecular formula is C16H31ClN2O. The molecule has 0 aromatic carbocycles. The van der Waals surface area contributed by atoms with Crippen LogP contribution in [-0.2, 0) is 4.79 Å². The van der Waals surface area contributed by atoms with E-state index in [9.17, 15) is 4.79 Å². The van der Waals surface area contributed by atoms with E-state index in [0.717, 1.165) is 38.4 Å². The van der Waals surface area contributed by atoms with Crippen molar-refractivity contribution in [2.24, 2.45) is 17.8 Å². The van der Waals surface area contributed by atoms with Crippen molar-refractivity contribution in [2.45, 2.75) is 51.9 Å². The summed E-state index contributed by atoms with van der Waals surface area (Å²) < 4.78 is 0. The molecule has 1 heterocycles. The first kappa shape index (κ1) is 17.8. The molecule has 1 aliphatic heterocycles. The van der Waals surface area contributed by atoms with Crippen LogP contribution in [0.15, 0.2) is 0 Å². The zero-order valence-electron chi connectivity index (χ0n) is 13.1. The summed E-state index contributed by atoms with van der Waals surface area (Å²) in [7, 11) is 2.01. The molecule has 3 nitrogen and oxygen atoms in total. The first-order valence-electron chi connectivity index (χ1n) is 8.18. The van der Waals surface area contributed by atoms with Crippen LogP contribution in [-0.4, -0.2) is 37.5 Å². The number of hydrogen-bond acceptors (Lipinski definition) is 2. The Morgan fingerprint density at radius 3 is 2.45 bits per heavy atom. The number of halogens is 1. The summed E-state index contributed by atoms with van der Waals surface area (Å²) in [4.78, 5) is 14.8. The molecule has 1 saturated heterocycles. The molecule has 1 unspecified atom stereocenters. The van der Waals surface area contributed by atoms with Crippen molar-refractivity contribution in [2.75, 3.05) is 26.7 Å². The molecule has 0 radical (unpaired) electrons. The number of likely N-dealkylation sites (tertiary alicyclic amines) is 1. The lowest BCUT2D eigenvalue weighted by Gasteiger charge is -2.37. The van der Waals surface area contributed by atoms with E-state index in [2.05, 4.69) is 17.1 Å². The number of nitrogens with zero attached hydrogens (tertiary/aromatic N) is 1. The van der Waals surface area contributed by atoms with E-state index in [1.54, 1.807) is 0 Å². The number of rotatable bonds is 4. The zero-order valence-corrected chi connectivity index (χ0v) is 13.9. The molecule has 1 amide bonds. The van der Waals surface area contributed by atoms with Crippen LogP contribution in [0.2, 0.25) is 0 Å². The maximum atomic E-state index is 12.6. The van der Waals surface area contributed by atoms with Crippen LogP contribution in [0, 0.1) is 17.8 Å². The molecule has 0 spiro atoms. The summed E-state index contributed by atoms with van der Waals surface area (Å²) in [6.07, 6.45) is 8.53. The van der Waals surface area contributed by atoms with Crippen LogP contribution >= 0.6 is 12.4 Å². The fourth-order valence-corrected chi connectivity index (χ4v) is 3.80. The number of hydrogen-bond donors (Lipinski definition) is 1. The van der Waals surface area contributed by atoms with Gasteiger partial charge in [-0.3, -0.25) is 4.79 Å². The van der Waals surface area contributed by atoms with Gasteiger partial charge >= 0.3 is 0 Å². The normalized spacial score (nSPS) is 30.7. The van der Waals surface area contributed by atoms with Gasteiger partial charge in [-0.05, 0) is 64.0 Å². The van der Waals surface area contributed by atoms with Crippen molar-refractivity contribution < 1.29 is 4.79 Å². The molecule has 0 aromatic heterocycles. The van der Waals surface area contributed by atoms with E-state index in [-0.39, 0.29) is 12.4 Å². The van der Waals surface area contributed by atoms with Gasteiger partial charge in [0.25, 0.3) is 0 Å². The zero-order chi connectivity index (χ0) is 13.7. The van der Waals surface area contributed by atoms with E-state index < -0.39 is 0 Å². The SMILES string of the molecule is CCC1CCC(C(=O)N2CCCC(CNC)C2)CC1.Cl. The van der Waals surface area contributed by atoms with Crippen LogP contribution < -0.4 is 5.32 Å². The Kier molecular flexibility index (Phi) is 7.90. The highest BCUT2D eigenvalue weighted by molar-refractivity contribution is 5.85. The van der Waals surface area contributed by atoms with Gasteiger partial charge < -0.3 is 10.2 Å². The smallest absolute Gasteiger partial charge is 0.225 e. The summed E-state index contributed by atoms with van der Waals surface area (Å²) in [6, 6.07) is 0. The van der Waals surface area contributed by atoms with E-state index in [0.29, 0.717) is 17.7 Å². The van der Waals surface area contributed by atoms with Crippen LogP contribution in [0.3, 0.4) is 0 Å².